The number of sulfonamides is 1. The lowest BCUT2D eigenvalue weighted by molar-refractivity contribution is 0.598. The van der Waals surface area contributed by atoms with Gasteiger partial charge in [0.2, 0.25) is 0 Å². The Labute approximate surface area is 124 Å². The molecule has 2 aromatic heterocycles. The molecule has 114 valence electrons. The van der Waals surface area contributed by atoms with Gasteiger partial charge >= 0.3 is 0 Å². The van der Waals surface area contributed by atoms with Gasteiger partial charge in [-0.2, -0.15) is 5.10 Å². The molecule has 2 heterocycles. The number of fused-ring (bicyclic) bond motifs is 1. The number of nitrogens with one attached hydrogen (secondary N) is 2. The van der Waals surface area contributed by atoms with E-state index >= 15 is 0 Å². The fourth-order valence-corrected chi connectivity index (χ4v) is 3.08. The first-order valence-electron chi connectivity index (χ1n) is 6.21. The lowest BCUT2D eigenvalue weighted by atomic mass is 10.2. The van der Waals surface area contributed by atoms with Crippen molar-refractivity contribution in [1.82, 2.24) is 14.6 Å². The van der Waals surface area contributed by atoms with Gasteiger partial charge < -0.3 is 0 Å². The molecule has 3 rings (SSSR count). The molecule has 0 unspecified atom stereocenters. The van der Waals surface area contributed by atoms with Crippen LogP contribution < -0.4 is 10.3 Å². The molecule has 7 nitrogen and oxygen atoms in total. The van der Waals surface area contributed by atoms with Crippen molar-refractivity contribution in [3.05, 3.63) is 58.5 Å². The normalized spacial score (nSPS) is 11.7. The van der Waals surface area contributed by atoms with Crippen LogP contribution in [0.4, 0.5) is 10.1 Å². The van der Waals surface area contributed by atoms with Gasteiger partial charge in [-0.25, -0.2) is 17.9 Å². The number of aromatic nitrogens is 3. The van der Waals surface area contributed by atoms with E-state index in [2.05, 4.69) is 14.9 Å². The highest BCUT2D eigenvalue weighted by Gasteiger charge is 2.19. The molecule has 1 aromatic carbocycles. The second kappa shape index (κ2) is 4.95. The van der Waals surface area contributed by atoms with Crippen LogP contribution in [0.3, 0.4) is 0 Å². The number of anilines is 1. The minimum atomic E-state index is -4.02. The number of hydrogen-bond donors (Lipinski definition) is 2. The zero-order valence-electron chi connectivity index (χ0n) is 11.4. The van der Waals surface area contributed by atoms with E-state index in [0.29, 0.717) is 5.56 Å². The van der Waals surface area contributed by atoms with Crippen LogP contribution >= 0.6 is 0 Å². The Morgan fingerprint density at radius 2 is 2.09 bits per heavy atom. The van der Waals surface area contributed by atoms with Gasteiger partial charge in [0.15, 0.2) is 0 Å². The summed E-state index contributed by atoms with van der Waals surface area (Å²) < 4.78 is 41.8. The van der Waals surface area contributed by atoms with Gasteiger partial charge in [0.25, 0.3) is 15.6 Å². The Kier molecular flexibility index (Phi) is 3.21. The summed E-state index contributed by atoms with van der Waals surface area (Å²) >= 11 is 0. The first-order chi connectivity index (χ1) is 10.4. The molecule has 0 aliphatic rings. The molecule has 0 radical (unpaired) electrons. The number of aryl methyl sites for hydroxylation is 1. The van der Waals surface area contributed by atoms with Crippen LogP contribution in [-0.2, 0) is 10.0 Å². The van der Waals surface area contributed by atoms with E-state index in [0.717, 1.165) is 0 Å². The highest BCUT2D eigenvalue weighted by molar-refractivity contribution is 7.92. The third-order valence-corrected chi connectivity index (χ3v) is 4.42. The molecule has 0 fully saturated rings. The first-order valence-corrected chi connectivity index (χ1v) is 7.69. The van der Waals surface area contributed by atoms with Gasteiger partial charge in [-0.05, 0) is 30.7 Å². The van der Waals surface area contributed by atoms with Gasteiger partial charge in [0.05, 0.1) is 5.69 Å². The minimum absolute atomic E-state index is 0.125. The van der Waals surface area contributed by atoms with Crippen LogP contribution in [0.15, 0.2) is 46.5 Å². The van der Waals surface area contributed by atoms with Crippen molar-refractivity contribution in [3.63, 3.8) is 0 Å². The Morgan fingerprint density at radius 1 is 1.32 bits per heavy atom. The number of benzene rings is 1. The van der Waals surface area contributed by atoms with Crippen LogP contribution in [0.5, 0.6) is 0 Å². The summed E-state index contributed by atoms with van der Waals surface area (Å²) in [6.07, 6.45) is 2.49. The Bertz CT molecular complexity index is 1020. The topological polar surface area (TPSA) is 96.3 Å². The lowest BCUT2D eigenvalue weighted by Crippen LogP contribution is -2.13. The molecular formula is C13H11FN4O3S. The predicted molar refractivity (Wildman–Crippen MR) is 77.8 cm³/mol. The highest BCUT2D eigenvalue weighted by Crippen LogP contribution is 2.21. The molecule has 0 aliphatic heterocycles. The van der Waals surface area contributed by atoms with Crippen molar-refractivity contribution in [1.29, 1.82) is 0 Å². The summed E-state index contributed by atoms with van der Waals surface area (Å²) in [4.78, 5) is 11.4. The maximum absolute atomic E-state index is 13.8. The van der Waals surface area contributed by atoms with Crippen LogP contribution in [0.25, 0.3) is 5.52 Å². The molecule has 0 saturated carbocycles. The molecule has 0 spiro atoms. The van der Waals surface area contributed by atoms with Crippen LogP contribution in [0.1, 0.15) is 5.56 Å². The molecule has 3 aromatic rings. The van der Waals surface area contributed by atoms with Gasteiger partial charge in [0, 0.05) is 6.20 Å². The fraction of sp³-hybridized carbons (Fsp3) is 0.0769. The number of rotatable bonds is 3. The van der Waals surface area contributed by atoms with Gasteiger partial charge in [-0.1, -0.05) is 6.07 Å². The van der Waals surface area contributed by atoms with Gasteiger partial charge in [-0.15, -0.1) is 0 Å². The van der Waals surface area contributed by atoms with E-state index < -0.39 is 21.4 Å². The quantitative estimate of drug-likeness (QED) is 0.759. The van der Waals surface area contributed by atoms with Crippen molar-refractivity contribution in [2.75, 3.05) is 4.72 Å². The number of aromatic amines is 1. The standard InChI is InChI=1S/C13H11FN4O3S/c1-8-2-3-11(10(14)4-8)17-22(20,21)9-5-12-13(19)16-15-7-18(12)6-9/h2-7,17H,1H3,(H,16,19). The molecule has 0 amide bonds. The van der Waals surface area contributed by atoms with Crippen molar-refractivity contribution >= 4 is 21.2 Å². The van der Waals surface area contributed by atoms with Crippen LogP contribution in [0.2, 0.25) is 0 Å². The molecule has 22 heavy (non-hydrogen) atoms. The van der Waals surface area contributed by atoms with Crippen LogP contribution in [-0.4, -0.2) is 23.0 Å². The lowest BCUT2D eigenvalue weighted by Gasteiger charge is -2.07. The fourth-order valence-electron chi connectivity index (χ4n) is 1.99. The van der Waals surface area contributed by atoms with Crippen molar-refractivity contribution in [2.24, 2.45) is 0 Å². The summed E-state index contributed by atoms with van der Waals surface area (Å²) in [6.45, 7) is 1.70. The van der Waals surface area contributed by atoms with Crippen molar-refractivity contribution < 1.29 is 12.8 Å². The third-order valence-electron chi connectivity index (χ3n) is 3.08. The van der Waals surface area contributed by atoms with E-state index in [1.807, 2.05) is 0 Å². The maximum atomic E-state index is 13.8. The average Bonchev–Trinajstić information content (AvgIpc) is 2.88. The predicted octanol–water partition coefficient (Wildman–Crippen LogP) is 1.27. The van der Waals surface area contributed by atoms with E-state index in [4.69, 9.17) is 0 Å². The second-order valence-electron chi connectivity index (χ2n) is 4.74. The third kappa shape index (κ3) is 2.46. The van der Waals surface area contributed by atoms with E-state index in [9.17, 15) is 17.6 Å². The van der Waals surface area contributed by atoms with Crippen molar-refractivity contribution in [2.45, 2.75) is 11.8 Å². The highest BCUT2D eigenvalue weighted by atomic mass is 32.2. The number of nitrogens with zero attached hydrogens (tertiary/aromatic N) is 2. The Balaban J connectivity index is 2.04. The summed E-state index contributed by atoms with van der Waals surface area (Å²) in [5.74, 6) is -0.674. The van der Waals surface area contributed by atoms with E-state index in [1.165, 1.54) is 35.1 Å². The largest absolute Gasteiger partial charge is 0.300 e. The molecule has 0 atom stereocenters. The van der Waals surface area contributed by atoms with E-state index in [1.54, 1.807) is 13.0 Å². The maximum Gasteiger partial charge on any atom is 0.288 e. The molecule has 0 aliphatic carbocycles. The summed E-state index contributed by atoms with van der Waals surface area (Å²) in [5, 5.41) is 5.77. The second-order valence-corrected chi connectivity index (χ2v) is 6.43. The zero-order valence-corrected chi connectivity index (χ0v) is 12.2. The summed E-state index contributed by atoms with van der Waals surface area (Å²) in [6, 6.07) is 5.34. The van der Waals surface area contributed by atoms with E-state index in [-0.39, 0.29) is 16.1 Å². The monoisotopic (exact) mass is 322 g/mol. The minimum Gasteiger partial charge on any atom is -0.300 e. The van der Waals surface area contributed by atoms with Crippen molar-refractivity contribution in [3.8, 4) is 0 Å². The molecular weight excluding hydrogens is 311 g/mol. The summed E-state index contributed by atoms with van der Waals surface area (Å²) in [5.41, 5.74) is 0.116. The first kappa shape index (κ1) is 14.3. The molecule has 0 saturated heterocycles. The Hall–Kier alpha value is -2.68. The zero-order chi connectivity index (χ0) is 15.9. The number of hydrogen-bond acceptors (Lipinski definition) is 4. The summed E-state index contributed by atoms with van der Waals surface area (Å²) in [7, 11) is -4.02. The molecule has 0 bridgehead atoms. The van der Waals surface area contributed by atoms with Gasteiger partial charge in [-0.3, -0.25) is 13.9 Å². The average molecular weight is 322 g/mol. The smallest absolute Gasteiger partial charge is 0.288 e. The molecule has 2 N–H and O–H groups in total. The SMILES string of the molecule is Cc1ccc(NS(=O)(=O)c2cc3c(=O)[nH]ncn3c2)c(F)c1. The number of H-pyrrole nitrogens is 1. The number of halogens is 1. The van der Waals surface area contributed by atoms with Crippen LogP contribution in [0, 0.1) is 12.7 Å². The molecule has 9 heteroatoms. The Morgan fingerprint density at radius 3 is 2.77 bits per heavy atom. The van der Waals surface area contributed by atoms with Gasteiger partial charge in [0.1, 0.15) is 22.6 Å².